The van der Waals surface area contributed by atoms with Crippen molar-refractivity contribution < 1.29 is 4.79 Å². The van der Waals surface area contributed by atoms with Crippen LogP contribution in [0.3, 0.4) is 0 Å². The number of carbonyl (C=O) groups excluding carboxylic acids is 1. The van der Waals surface area contributed by atoms with Crippen LogP contribution in [-0.2, 0) is 4.79 Å². The number of amides is 1. The van der Waals surface area contributed by atoms with Crippen LogP contribution < -0.4 is 5.01 Å². The highest BCUT2D eigenvalue weighted by molar-refractivity contribution is 6.12. The lowest BCUT2D eigenvalue weighted by Gasteiger charge is -2.13. The Morgan fingerprint density at radius 2 is 1.88 bits per heavy atom. The highest BCUT2D eigenvalue weighted by atomic mass is 16.2. The zero-order valence-corrected chi connectivity index (χ0v) is 10.7. The van der Waals surface area contributed by atoms with Crippen molar-refractivity contribution in [2.75, 3.05) is 5.01 Å². The van der Waals surface area contributed by atoms with Crippen molar-refractivity contribution in [2.45, 2.75) is 40.0 Å². The van der Waals surface area contributed by atoms with E-state index in [0.29, 0.717) is 6.42 Å². The third kappa shape index (κ3) is 2.54. The van der Waals surface area contributed by atoms with Gasteiger partial charge in [0.25, 0.3) is 5.91 Å². The number of nitrogens with zero attached hydrogens (tertiary/aromatic N) is 2. The molecular weight excluding hydrogens is 212 g/mol. The van der Waals surface area contributed by atoms with E-state index in [1.807, 2.05) is 26.0 Å². The zero-order valence-electron chi connectivity index (χ0n) is 10.7. The summed E-state index contributed by atoms with van der Waals surface area (Å²) in [6.07, 6.45) is 2.42. The highest BCUT2D eigenvalue weighted by Gasteiger charge is 2.24. The van der Waals surface area contributed by atoms with E-state index in [-0.39, 0.29) is 5.91 Å². The summed E-state index contributed by atoms with van der Waals surface area (Å²) in [5.41, 5.74) is 4.20. The number of rotatable bonds is 3. The van der Waals surface area contributed by atoms with Crippen LogP contribution in [0.2, 0.25) is 0 Å². The quantitative estimate of drug-likeness (QED) is 0.784. The second-order valence-corrected chi connectivity index (χ2v) is 4.64. The van der Waals surface area contributed by atoms with Crippen LogP contribution >= 0.6 is 0 Å². The molecule has 0 bridgehead atoms. The minimum atomic E-state index is 0.0819. The molecule has 1 aliphatic rings. The maximum atomic E-state index is 11.9. The molecule has 0 aromatic heterocycles. The third-order valence-corrected chi connectivity index (χ3v) is 2.82. The minimum Gasteiger partial charge on any atom is -0.272 e. The second kappa shape index (κ2) is 4.70. The number of carbonyl (C=O) groups is 1. The lowest BCUT2D eigenvalue weighted by molar-refractivity contribution is -0.116. The predicted molar refractivity (Wildman–Crippen MR) is 70.4 cm³/mol. The first kappa shape index (κ1) is 11.8. The van der Waals surface area contributed by atoms with Crippen molar-refractivity contribution in [1.82, 2.24) is 0 Å². The summed E-state index contributed by atoms with van der Waals surface area (Å²) in [6.45, 7) is 6.17. The van der Waals surface area contributed by atoms with Crippen LogP contribution in [-0.4, -0.2) is 11.6 Å². The van der Waals surface area contributed by atoms with Crippen molar-refractivity contribution >= 4 is 17.3 Å². The topological polar surface area (TPSA) is 32.7 Å². The van der Waals surface area contributed by atoms with Crippen molar-refractivity contribution in [3.05, 3.63) is 29.3 Å². The monoisotopic (exact) mass is 230 g/mol. The van der Waals surface area contributed by atoms with Crippen LogP contribution in [0.25, 0.3) is 0 Å². The van der Waals surface area contributed by atoms with Gasteiger partial charge >= 0.3 is 0 Å². The van der Waals surface area contributed by atoms with E-state index in [2.05, 4.69) is 18.1 Å². The maximum absolute atomic E-state index is 11.9. The summed E-state index contributed by atoms with van der Waals surface area (Å²) in [5, 5.41) is 5.96. The van der Waals surface area contributed by atoms with E-state index in [9.17, 15) is 4.79 Å². The van der Waals surface area contributed by atoms with Crippen LogP contribution in [0, 0.1) is 13.8 Å². The number of aryl methyl sites for hydroxylation is 2. The average molecular weight is 230 g/mol. The zero-order chi connectivity index (χ0) is 12.4. The standard InChI is InChI=1S/C14H18N2O/c1-4-5-12-9-14(17)16(15-12)13-7-10(2)6-11(3)8-13/h6-8H,4-5,9H2,1-3H3. The lowest BCUT2D eigenvalue weighted by atomic mass is 10.1. The largest absolute Gasteiger partial charge is 0.272 e. The SMILES string of the molecule is CCCC1=NN(c2cc(C)cc(C)c2)C(=O)C1. The molecular formula is C14H18N2O. The first-order valence-electron chi connectivity index (χ1n) is 6.07. The molecule has 0 aliphatic carbocycles. The van der Waals surface area contributed by atoms with E-state index < -0.39 is 0 Å². The maximum Gasteiger partial charge on any atom is 0.253 e. The smallest absolute Gasteiger partial charge is 0.253 e. The molecule has 1 amide bonds. The molecule has 17 heavy (non-hydrogen) atoms. The Hall–Kier alpha value is -1.64. The van der Waals surface area contributed by atoms with Gasteiger partial charge < -0.3 is 0 Å². The van der Waals surface area contributed by atoms with E-state index in [1.165, 1.54) is 0 Å². The first-order valence-corrected chi connectivity index (χ1v) is 6.07. The Morgan fingerprint density at radius 1 is 1.24 bits per heavy atom. The first-order chi connectivity index (χ1) is 8.10. The Kier molecular flexibility index (Phi) is 3.27. The van der Waals surface area contributed by atoms with E-state index in [0.717, 1.165) is 35.4 Å². The molecule has 90 valence electrons. The van der Waals surface area contributed by atoms with Crippen LogP contribution in [0.5, 0.6) is 0 Å². The van der Waals surface area contributed by atoms with Crippen molar-refractivity contribution in [1.29, 1.82) is 0 Å². The molecule has 0 saturated carbocycles. The summed E-state index contributed by atoms with van der Waals surface area (Å²) in [7, 11) is 0. The van der Waals surface area contributed by atoms with Crippen molar-refractivity contribution in [2.24, 2.45) is 5.10 Å². The summed E-state index contributed by atoms with van der Waals surface area (Å²) in [5.74, 6) is 0.0819. The summed E-state index contributed by atoms with van der Waals surface area (Å²) >= 11 is 0. The van der Waals surface area contributed by atoms with Crippen LogP contribution in [0.4, 0.5) is 5.69 Å². The number of anilines is 1. The highest BCUT2D eigenvalue weighted by Crippen LogP contribution is 2.24. The number of hydrazone groups is 1. The molecule has 3 nitrogen and oxygen atoms in total. The second-order valence-electron chi connectivity index (χ2n) is 4.64. The van der Waals surface area contributed by atoms with Crippen molar-refractivity contribution in [3.63, 3.8) is 0 Å². The fraction of sp³-hybridized carbons (Fsp3) is 0.429. The van der Waals surface area contributed by atoms with E-state index in [1.54, 1.807) is 5.01 Å². The van der Waals surface area contributed by atoms with Gasteiger partial charge in [-0.15, -0.1) is 0 Å². The Bertz CT molecular complexity index is 457. The van der Waals surface area contributed by atoms with Gasteiger partial charge in [-0.25, -0.2) is 5.01 Å². The molecule has 0 radical (unpaired) electrons. The molecule has 1 aliphatic heterocycles. The number of hydrogen-bond acceptors (Lipinski definition) is 2. The lowest BCUT2D eigenvalue weighted by Crippen LogP contribution is -2.19. The molecule has 0 fully saturated rings. The van der Waals surface area contributed by atoms with Gasteiger partial charge in [0.15, 0.2) is 0 Å². The Labute approximate surface area is 102 Å². The molecule has 0 unspecified atom stereocenters. The molecule has 2 rings (SSSR count). The Morgan fingerprint density at radius 3 is 2.47 bits per heavy atom. The molecule has 3 heteroatoms. The van der Waals surface area contributed by atoms with Crippen LogP contribution in [0.1, 0.15) is 37.3 Å². The predicted octanol–water partition coefficient (Wildman–Crippen LogP) is 3.20. The molecule has 1 aromatic carbocycles. The third-order valence-electron chi connectivity index (χ3n) is 2.82. The van der Waals surface area contributed by atoms with Gasteiger partial charge in [0, 0.05) is 5.71 Å². The average Bonchev–Trinajstić information content (AvgIpc) is 2.58. The Balaban J connectivity index is 2.30. The van der Waals surface area contributed by atoms with Gasteiger partial charge in [-0.2, -0.15) is 5.10 Å². The number of benzene rings is 1. The molecule has 0 spiro atoms. The van der Waals surface area contributed by atoms with Gasteiger partial charge in [0.2, 0.25) is 0 Å². The molecule has 1 heterocycles. The van der Waals surface area contributed by atoms with Crippen LogP contribution in [0.15, 0.2) is 23.3 Å². The van der Waals surface area contributed by atoms with Gasteiger partial charge in [0.1, 0.15) is 0 Å². The minimum absolute atomic E-state index is 0.0819. The van der Waals surface area contributed by atoms with Crippen molar-refractivity contribution in [3.8, 4) is 0 Å². The fourth-order valence-corrected chi connectivity index (χ4v) is 2.18. The summed E-state index contributed by atoms with van der Waals surface area (Å²) in [6, 6.07) is 6.10. The molecule has 1 aromatic rings. The van der Waals surface area contributed by atoms with Gasteiger partial charge in [0.05, 0.1) is 12.1 Å². The van der Waals surface area contributed by atoms with Gasteiger partial charge in [-0.3, -0.25) is 4.79 Å². The van der Waals surface area contributed by atoms with Gasteiger partial charge in [-0.05, 0) is 43.5 Å². The number of hydrogen-bond donors (Lipinski definition) is 0. The molecule has 0 atom stereocenters. The molecule has 0 N–H and O–H groups in total. The van der Waals surface area contributed by atoms with E-state index >= 15 is 0 Å². The summed E-state index contributed by atoms with van der Waals surface area (Å²) in [4.78, 5) is 11.9. The van der Waals surface area contributed by atoms with E-state index in [4.69, 9.17) is 0 Å². The summed E-state index contributed by atoms with van der Waals surface area (Å²) < 4.78 is 0. The molecule has 0 saturated heterocycles. The normalized spacial score (nSPS) is 15.4. The fourth-order valence-electron chi connectivity index (χ4n) is 2.18. The van der Waals surface area contributed by atoms with Gasteiger partial charge in [-0.1, -0.05) is 19.4 Å².